The topological polar surface area (TPSA) is 24.7 Å². The second kappa shape index (κ2) is 12.3. The number of benzene rings is 6. The Morgan fingerprint density at radius 2 is 0.765 bits per heavy atom. The molecular formula is C47H40N2S2. The average molecular weight is 697 g/mol. The highest BCUT2D eigenvalue weighted by atomic mass is 32.2. The summed E-state index contributed by atoms with van der Waals surface area (Å²) in [5.74, 6) is 2.05. The van der Waals surface area contributed by atoms with E-state index in [1.165, 1.54) is 66.8 Å². The van der Waals surface area contributed by atoms with Gasteiger partial charge in [0.2, 0.25) is 0 Å². The largest absolute Gasteiger partial charge is 0.271 e. The van der Waals surface area contributed by atoms with E-state index in [-0.39, 0.29) is 11.1 Å². The third-order valence-electron chi connectivity index (χ3n) is 10.4. The van der Waals surface area contributed by atoms with E-state index in [0.29, 0.717) is 0 Å². The first-order valence-corrected chi connectivity index (χ1v) is 19.7. The molecule has 0 unspecified atom stereocenters. The van der Waals surface area contributed by atoms with Crippen molar-refractivity contribution in [1.82, 2.24) is 0 Å². The van der Waals surface area contributed by atoms with Crippen LogP contribution in [0.3, 0.4) is 0 Å². The van der Waals surface area contributed by atoms with E-state index in [0.717, 1.165) is 21.6 Å². The number of fused-ring (bicyclic) bond motifs is 3. The van der Waals surface area contributed by atoms with Crippen molar-refractivity contribution in [2.75, 3.05) is 11.5 Å². The van der Waals surface area contributed by atoms with Crippen LogP contribution in [0, 0.1) is 0 Å². The van der Waals surface area contributed by atoms with Gasteiger partial charge in [-0.3, -0.25) is 9.98 Å². The van der Waals surface area contributed by atoms with Gasteiger partial charge in [-0.25, -0.2) is 0 Å². The first-order chi connectivity index (χ1) is 24.7. The summed E-state index contributed by atoms with van der Waals surface area (Å²) in [6, 6.07) is 54.4. The Morgan fingerprint density at radius 3 is 1.12 bits per heavy atom. The van der Waals surface area contributed by atoms with Crippen LogP contribution in [0.1, 0.15) is 61.1 Å². The van der Waals surface area contributed by atoms with Crippen molar-refractivity contribution >= 4 is 33.6 Å². The molecule has 2 aliphatic heterocycles. The van der Waals surface area contributed by atoms with Crippen molar-refractivity contribution in [1.29, 1.82) is 0 Å². The zero-order chi connectivity index (χ0) is 34.8. The molecule has 2 nitrogen and oxygen atoms in total. The molecule has 0 atom stereocenters. The van der Waals surface area contributed by atoms with Crippen molar-refractivity contribution < 1.29 is 0 Å². The van der Waals surface area contributed by atoms with Crippen molar-refractivity contribution in [3.05, 3.63) is 179 Å². The molecule has 0 amide bonds. The maximum absolute atomic E-state index is 4.98. The molecule has 9 rings (SSSR count). The summed E-state index contributed by atoms with van der Waals surface area (Å²) in [4.78, 5) is 9.96. The lowest BCUT2D eigenvalue weighted by atomic mass is 9.67. The van der Waals surface area contributed by atoms with Gasteiger partial charge in [0.25, 0.3) is 0 Å². The van der Waals surface area contributed by atoms with Crippen LogP contribution in [0.2, 0.25) is 0 Å². The molecule has 0 saturated carbocycles. The molecule has 2 heterocycles. The molecule has 6 aromatic carbocycles. The zero-order valence-corrected chi connectivity index (χ0v) is 31.1. The van der Waals surface area contributed by atoms with Crippen molar-refractivity contribution in [2.24, 2.45) is 9.98 Å². The predicted molar refractivity (Wildman–Crippen MR) is 221 cm³/mol. The molecule has 0 spiro atoms. The summed E-state index contributed by atoms with van der Waals surface area (Å²) in [5.41, 5.74) is 14.5. The molecular weight excluding hydrogens is 657 g/mol. The fourth-order valence-electron chi connectivity index (χ4n) is 7.92. The number of thioether (sulfide) groups is 2. The summed E-state index contributed by atoms with van der Waals surface area (Å²) >= 11 is 3.72. The minimum absolute atomic E-state index is 0.00343. The molecule has 1 aliphatic carbocycles. The van der Waals surface area contributed by atoms with Gasteiger partial charge in [0.15, 0.2) is 0 Å². The van der Waals surface area contributed by atoms with Crippen LogP contribution in [0.4, 0.5) is 0 Å². The van der Waals surface area contributed by atoms with E-state index >= 15 is 0 Å². The van der Waals surface area contributed by atoms with E-state index in [9.17, 15) is 0 Å². The summed E-state index contributed by atoms with van der Waals surface area (Å²) in [6.45, 7) is 8.84. The van der Waals surface area contributed by atoms with Crippen LogP contribution < -0.4 is 0 Å². The first kappa shape index (κ1) is 32.3. The van der Waals surface area contributed by atoms with Crippen LogP contribution in [0.25, 0.3) is 33.4 Å². The Morgan fingerprint density at radius 1 is 0.412 bits per heavy atom. The SMILES string of the molecule is CC1(C)CSC(c2ccc(-c3ccc4c(c3)C(c3ccccc3)(c3ccccc3)c3cc(-c5ccc(C6=NC(C)(C)CS6)cc5)ccc3-4)cc2)=N1. The van der Waals surface area contributed by atoms with E-state index in [2.05, 4.69) is 173 Å². The summed E-state index contributed by atoms with van der Waals surface area (Å²) in [6.07, 6.45) is 0. The molecule has 0 N–H and O–H groups in total. The minimum atomic E-state index is -0.485. The Labute approximate surface area is 310 Å². The monoisotopic (exact) mass is 696 g/mol. The van der Waals surface area contributed by atoms with Crippen LogP contribution in [0.15, 0.2) is 156 Å². The van der Waals surface area contributed by atoms with Crippen molar-refractivity contribution in [3.8, 4) is 33.4 Å². The molecule has 51 heavy (non-hydrogen) atoms. The lowest BCUT2D eigenvalue weighted by Crippen LogP contribution is -2.28. The third kappa shape index (κ3) is 5.60. The standard InChI is InChI=1S/C47H40N2S2/c1-45(2)29-50-43(48-45)33-19-15-31(16-20-33)35-23-25-39-40-26-24-36(32-17-21-34(22-18-32)44-49-46(3,4)30-51-44)28-42(40)47(41(39)27-35,37-11-7-5-8-12-37)38-13-9-6-10-14-38/h5-28H,29-30H2,1-4H3. The van der Waals surface area contributed by atoms with Gasteiger partial charge in [-0.05, 0) is 95.5 Å². The molecule has 250 valence electrons. The first-order valence-electron chi connectivity index (χ1n) is 17.8. The Hall–Kier alpha value is -4.64. The third-order valence-corrected chi connectivity index (χ3v) is 13.3. The smallest absolute Gasteiger partial charge is 0.0984 e. The highest BCUT2D eigenvalue weighted by Gasteiger charge is 2.46. The van der Waals surface area contributed by atoms with Crippen LogP contribution in [-0.4, -0.2) is 32.7 Å². The van der Waals surface area contributed by atoms with E-state index in [1.807, 2.05) is 23.5 Å². The Bertz CT molecular complexity index is 2170. The van der Waals surface area contributed by atoms with E-state index in [4.69, 9.17) is 9.98 Å². The van der Waals surface area contributed by atoms with Gasteiger partial charge in [-0.1, -0.05) is 133 Å². The lowest BCUT2D eigenvalue weighted by Gasteiger charge is -2.34. The molecule has 0 saturated heterocycles. The molecule has 6 aromatic rings. The number of hydrogen-bond acceptors (Lipinski definition) is 4. The van der Waals surface area contributed by atoms with Crippen molar-refractivity contribution in [2.45, 2.75) is 44.2 Å². The van der Waals surface area contributed by atoms with Crippen LogP contribution >= 0.6 is 23.5 Å². The molecule has 0 bridgehead atoms. The zero-order valence-electron chi connectivity index (χ0n) is 29.5. The van der Waals surface area contributed by atoms with Gasteiger partial charge in [0.1, 0.15) is 0 Å². The average Bonchev–Trinajstić information content (AvgIpc) is 3.82. The fraction of sp³-hybridized carbons (Fsp3) is 0.191. The summed E-state index contributed by atoms with van der Waals surface area (Å²) < 4.78 is 0. The number of aliphatic imine (C=N–C) groups is 2. The number of nitrogens with zero attached hydrogens (tertiary/aromatic N) is 2. The predicted octanol–water partition coefficient (Wildman–Crippen LogP) is 11.9. The molecule has 4 heteroatoms. The molecule has 3 aliphatic rings. The molecule has 0 fully saturated rings. The van der Waals surface area contributed by atoms with Crippen molar-refractivity contribution in [3.63, 3.8) is 0 Å². The lowest BCUT2D eigenvalue weighted by molar-refractivity contribution is 0.605. The normalized spacial score (nSPS) is 17.8. The quantitative estimate of drug-likeness (QED) is 0.173. The minimum Gasteiger partial charge on any atom is -0.271 e. The maximum Gasteiger partial charge on any atom is 0.0984 e. The highest BCUT2D eigenvalue weighted by Crippen LogP contribution is 2.57. The Kier molecular flexibility index (Phi) is 7.75. The van der Waals surface area contributed by atoms with Crippen LogP contribution in [-0.2, 0) is 5.41 Å². The van der Waals surface area contributed by atoms with Gasteiger partial charge in [0.05, 0.1) is 26.6 Å². The molecule has 0 radical (unpaired) electrons. The highest BCUT2D eigenvalue weighted by molar-refractivity contribution is 8.15. The van der Waals surface area contributed by atoms with E-state index in [1.54, 1.807) is 0 Å². The van der Waals surface area contributed by atoms with E-state index < -0.39 is 5.41 Å². The second-order valence-electron chi connectivity index (χ2n) is 15.2. The fourth-order valence-corrected chi connectivity index (χ4v) is 10.3. The van der Waals surface area contributed by atoms with Gasteiger partial charge < -0.3 is 0 Å². The molecule has 0 aromatic heterocycles. The Balaban J connectivity index is 1.19. The van der Waals surface area contributed by atoms with Crippen LogP contribution in [0.5, 0.6) is 0 Å². The van der Waals surface area contributed by atoms with Gasteiger partial charge in [0, 0.05) is 22.6 Å². The van der Waals surface area contributed by atoms with Gasteiger partial charge in [-0.2, -0.15) is 0 Å². The summed E-state index contributed by atoms with van der Waals surface area (Å²) in [5, 5.41) is 2.28. The second-order valence-corrected chi connectivity index (χ2v) is 17.1. The number of rotatable bonds is 6. The van der Waals surface area contributed by atoms with Gasteiger partial charge in [-0.15, -0.1) is 23.5 Å². The maximum atomic E-state index is 4.98. The summed E-state index contributed by atoms with van der Waals surface area (Å²) in [7, 11) is 0. The van der Waals surface area contributed by atoms with Gasteiger partial charge >= 0.3 is 0 Å². The number of hydrogen-bond donors (Lipinski definition) is 0.